The van der Waals surface area contributed by atoms with Crippen LogP contribution in [0.4, 0.5) is 0 Å². The van der Waals surface area contributed by atoms with E-state index in [9.17, 15) is 4.79 Å². The van der Waals surface area contributed by atoms with Gasteiger partial charge in [0.25, 0.3) is 0 Å². The molecule has 0 saturated heterocycles. The van der Waals surface area contributed by atoms with E-state index in [0.717, 1.165) is 16.0 Å². The summed E-state index contributed by atoms with van der Waals surface area (Å²) in [4.78, 5) is 18.7. The number of aromatic amines is 1. The molecule has 2 aromatic rings. The molecule has 5 heteroatoms. The molecule has 0 atom stereocenters. The number of thioether (sulfide) groups is 1. The minimum absolute atomic E-state index is 0.340. The predicted molar refractivity (Wildman–Crippen MR) is 63.9 cm³/mol. The Kier molecular flexibility index (Phi) is 2.71. The number of nitrogens with zero attached hydrogens (tertiary/aromatic N) is 1. The van der Waals surface area contributed by atoms with E-state index in [1.807, 2.05) is 19.2 Å². The van der Waals surface area contributed by atoms with Crippen LogP contribution in [0.5, 0.6) is 0 Å². The Hall–Kier alpha value is -1.000. The molecule has 0 spiro atoms. The van der Waals surface area contributed by atoms with E-state index >= 15 is 0 Å². The Balaban J connectivity index is 2.87. The molecular formula is C10H9ClN2OS. The van der Waals surface area contributed by atoms with E-state index in [-0.39, 0.29) is 5.69 Å². The summed E-state index contributed by atoms with van der Waals surface area (Å²) in [7, 11) is 0. The number of aromatic nitrogens is 2. The predicted octanol–water partition coefficient (Wildman–Crippen LogP) is 2.61. The summed E-state index contributed by atoms with van der Waals surface area (Å²) in [6, 6.07) is 3.67. The van der Waals surface area contributed by atoms with E-state index in [4.69, 9.17) is 11.6 Å². The van der Waals surface area contributed by atoms with Crippen molar-refractivity contribution >= 4 is 34.3 Å². The van der Waals surface area contributed by atoms with Gasteiger partial charge >= 0.3 is 5.69 Å². The van der Waals surface area contributed by atoms with Crippen LogP contribution in [0.3, 0.4) is 0 Å². The third kappa shape index (κ3) is 1.87. The van der Waals surface area contributed by atoms with Gasteiger partial charge in [-0.2, -0.15) is 4.98 Å². The minimum Gasteiger partial charge on any atom is -0.309 e. The topological polar surface area (TPSA) is 45.8 Å². The van der Waals surface area contributed by atoms with Gasteiger partial charge in [0.2, 0.25) is 0 Å². The fraction of sp³-hybridized carbons (Fsp3) is 0.200. The second-order valence-electron chi connectivity index (χ2n) is 3.17. The number of hydrogen-bond acceptors (Lipinski definition) is 3. The number of halogens is 1. The number of hydrogen-bond donors (Lipinski definition) is 1. The van der Waals surface area contributed by atoms with Gasteiger partial charge in [0.1, 0.15) is 0 Å². The maximum atomic E-state index is 11.2. The number of aryl methyl sites for hydroxylation is 1. The average Bonchev–Trinajstić information content (AvgIpc) is 2.16. The first-order valence-electron chi connectivity index (χ1n) is 4.36. The Bertz CT molecular complexity index is 579. The van der Waals surface area contributed by atoms with Crippen LogP contribution in [-0.2, 0) is 0 Å². The Morgan fingerprint density at radius 3 is 2.87 bits per heavy atom. The van der Waals surface area contributed by atoms with E-state index < -0.39 is 0 Å². The summed E-state index contributed by atoms with van der Waals surface area (Å²) >= 11 is 7.61. The molecule has 0 saturated carbocycles. The van der Waals surface area contributed by atoms with Gasteiger partial charge in [-0.15, -0.1) is 11.8 Å². The molecule has 0 aliphatic heterocycles. The molecule has 3 nitrogen and oxygen atoms in total. The van der Waals surface area contributed by atoms with Gasteiger partial charge in [-0.1, -0.05) is 11.6 Å². The molecule has 0 aliphatic carbocycles. The van der Waals surface area contributed by atoms with Crippen LogP contribution in [0, 0.1) is 6.92 Å². The van der Waals surface area contributed by atoms with E-state index in [1.165, 1.54) is 0 Å². The maximum Gasteiger partial charge on any atom is 0.345 e. The van der Waals surface area contributed by atoms with Crippen molar-refractivity contribution in [2.75, 3.05) is 6.26 Å². The lowest BCUT2D eigenvalue weighted by molar-refractivity contribution is 1.07. The highest BCUT2D eigenvalue weighted by Gasteiger charge is 2.06. The Labute approximate surface area is 95.9 Å². The van der Waals surface area contributed by atoms with Crippen molar-refractivity contribution in [2.24, 2.45) is 0 Å². The summed E-state index contributed by atoms with van der Waals surface area (Å²) in [5, 5.41) is 1.57. The molecule has 0 fully saturated rings. The van der Waals surface area contributed by atoms with Gasteiger partial charge in [-0.05, 0) is 25.3 Å². The molecular weight excluding hydrogens is 232 g/mol. The number of H-pyrrole nitrogens is 1. The number of benzene rings is 1. The summed E-state index contributed by atoms with van der Waals surface area (Å²) in [5.74, 6) is 0. The fourth-order valence-corrected chi connectivity index (χ4v) is 2.34. The van der Waals surface area contributed by atoms with E-state index in [1.54, 1.807) is 17.8 Å². The van der Waals surface area contributed by atoms with Gasteiger partial charge in [-0.25, -0.2) is 4.79 Å². The highest BCUT2D eigenvalue weighted by Crippen LogP contribution is 2.29. The summed E-state index contributed by atoms with van der Waals surface area (Å²) in [5.41, 5.74) is 1.11. The molecule has 0 aliphatic rings. The Morgan fingerprint density at radius 1 is 1.47 bits per heavy atom. The normalized spacial score (nSPS) is 10.9. The second kappa shape index (κ2) is 3.87. The molecule has 2 rings (SSSR count). The second-order valence-corrected chi connectivity index (χ2v) is 4.43. The zero-order chi connectivity index (χ0) is 11.0. The molecule has 0 unspecified atom stereocenters. The zero-order valence-corrected chi connectivity index (χ0v) is 9.87. The van der Waals surface area contributed by atoms with Crippen LogP contribution in [0.2, 0.25) is 5.02 Å². The SMILES string of the molecule is CSc1cc2c(C)[nH]c(=O)nc2cc1Cl. The first-order valence-corrected chi connectivity index (χ1v) is 5.96. The number of nitrogens with one attached hydrogen (secondary N) is 1. The molecule has 1 aromatic carbocycles. The van der Waals surface area contributed by atoms with Crippen molar-refractivity contribution in [1.29, 1.82) is 0 Å². The zero-order valence-electron chi connectivity index (χ0n) is 8.30. The van der Waals surface area contributed by atoms with E-state index in [2.05, 4.69) is 9.97 Å². The molecule has 1 N–H and O–H groups in total. The molecule has 15 heavy (non-hydrogen) atoms. The smallest absolute Gasteiger partial charge is 0.309 e. The van der Waals surface area contributed by atoms with Crippen molar-refractivity contribution in [1.82, 2.24) is 9.97 Å². The highest BCUT2D eigenvalue weighted by molar-refractivity contribution is 7.98. The van der Waals surface area contributed by atoms with Gasteiger partial charge < -0.3 is 4.98 Å². The van der Waals surface area contributed by atoms with Crippen molar-refractivity contribution < 1.29 is 0 Å². The van der Waals surface area contributed by atoms with Crippen LogP contribution in [0.1, 0.15) is 5.69 Å². The van der Waals surface area contributed by atoms with Crippen LogP contribution < -0.4 is 5.69 Å². The summed E-state index contributed by atoms with van der Waals surface area (Å²) in [6.07, 6.45) is 1.96. The lowest BCUT2D eigenvalue weighted by atomic mass is 10.2. The third-order valence-corrected chi connectivity index (χ3v) is 3.39. The number of rotatable bonds is 1. The van der Waals surface area contributed by atoms with Crippen LogP contribution in [0.25, 0.3) is 10.9 Å². The van der Waals surface area contributed by atoms with Crippen molar-refractivity contribution in [3.8, 4) is 0 Å². The first-order chi connectivity index (χ1) is 7.11. The average molecular weight is 241 g/mol. The van der Waals surface area contributed by atoms with Gasteiger partial charge in [0, 0.05) is 16.0 Å². The monoisotopic (exact) mass is 240 g/mol. The molecule has 0 radical (unpaired) electrons. The number of fused-ring (bicyclic) bond motifs is 1. The summed E-state index contributed by atoms with van der Waals surface area (Å²) < 4.78 is 0. The lowest BCUT2D eigenvalue weighted by Gasteiger charge is -2.05. The van der Waals surface area contributed by atoms with Gasteiger partial charge in [0.15, 0.2) is 0 Å². The highest BCUT2D eigenvalue weighted by atomic mass is 35.5. The fourth-order valence-electron chi connectivity index (χ4n) is 1.46. The molecule has 1 heterocycles. The quantitative estimate of drug-likeness (QED) is 0.780. The lowest BCUT2D eigenvalue weighted by Crippen LogP contribution is -2.11. The minimum atomic E-state index is -0.340. The third-order valence-electron chi connectivity index (χ3n) is 2.19. The molecule has 78 valence electrons. The van der Waals surface area contributed by atoms with Crippen LogP contribution >= 0.6 is 23.4 Å². The first kappa shape index (κ1) is 10.5. The Morgan fingerprint density at radius 2 is 2.20 bits per heavy atom. The van der Waals surface area contributed by atoms with Crippen molar-refractivity contribution in [2.45, 2.75) is 11.8 Å². The van der Waals surface area contributed by atoms with E-state index in [0.29, 0.717) is 10.5 Å². The standard InChI is InChI=1S/C10H9ClN2OS/c1-5-6-3-9(15-2)7(11)4-8(6)13-10(14)12-5/h3-4H,1-2H3,(H,12,13,14). The van der Waals surface area contributed by atoms with Gasteiger partial charge in [0.05, 0.1) is 10.5 Å². The van der Waals surface area contributed by atoms with Crippen molar-refractivity contribution in [3.05, 3.63) is 33.3 Å². The molecule has 0 amide bonds. The van der Waals surface area contributed by atoms with Crippen LogP contribution in [-0.4, -0.2) is 16.2 Å². The van der Waals surface area contributed by atoms with Gasteiger partial charge in [-0.3, -0.25) is 0 Å². The largest absolute Gasteiger partial charge is 0.345 e. The summed E-state index contributed by atoms with van der Waals surface area (Å²) in [6.45, 7) is 1.85. The maximum absolute atomic E-state index is 11.2. The molecule has 0 bridgehead atoms. The van der Waals surface area contributed by atoms with Crippen LogP contribution in [0.15, 0.2) is 21.8 Å². The molecule has 1 aromatic heterocycles. The van der Waals surface area contributed by atoms with Crippen molar-refractivity contribution in [3.63, 3.8) is 0 Å².